The van der Waals surface area contributed by atoms with Crippen LogP contribution in [-0.4, -0.2) is 23.7 Å². The second-order valence-corrected chi connectivity index (χ2v) is 4.56. The highest BCUT2D eigenvalue weighted by Gasteiger charge is 2.03. The van der Waals surface area contributed by atoms with Gasteiger partial charge >= 0.3 is 0 Å². The lowest BCUT2D eigenvalue weighted by molar-refractivity contribution is 0.202. The van der Waals surface area contributed by atoms with Gasteiger partial charge in [-0.3, -0.25) is 0 Å². The predicted molar refractivity (Wildman–Crippen MR) is 75.0 cm³/mol. The largest absolute Gasteiger partial charge is 0.384 e. The van der Waals surface area contributed by atoms with Gasteiger partial charge in [-0.15, -0.1) is 0 Å². The number of hydrogen-bond acceptors (Lipinski definition) is 4. The summed E-state index contributed by atoms with van der Waals surface area (Å²) in [5.74, 6) is 0.766. The zero-order valence-corrected chi connectivity index (χ0v) is 11.6. The molecule has 0 spiro atoms. The molecule has 0 unspecified atom stereocenters. The third-order valence-corrected chi connectivity index (χ3v) is 2.92. The zero-order valence-electron chi connectivity index (χ0n) is 10.1. The molecule has 1 N–H and O–H groups in total. The maximum absolute atomic E-state index is 5.11. The fourth-order valence-electron chi connectivity index (χ4n) is 1.61. The molecule has 0 radical (unpaired) electrons. The molecule has 2 aromatic rings. The number of rotatable bonds is 5. The molecule has 1 heterocycles. The van der Waals surface area contributed by atoms with Crippen molar-refractivity contribution in [3.05, 3.63) is 46.8 Å². The normalized spacial score (nSPS) is 10.3. The van der Waals surface area contributed by atoms with Crippen molar-refractivity contribution in [1.82, 2.24) is 9.97 Å². The molecule has 0 amide bonds. The van der Waals surface area contributed by atoms with E-state index in [1.165, 1.54) is 11.9 Å². The number of anilines is 2. The van der Waals surface area contributed by atoms with Crippen LogP contribution in [0.1, 0.15) is 5.56 Å². The average Bonchev–Trinajstić information content (AvgIpc) is 2.38. The molecular weight excluding hydrogens is 294 g/mol. The van der Waals surface area contributed by atoms with Crippen LogP contribution in [0.4, 0.5) is 11.5 Å². The molecule has 0 atom stereocenters. The lowest BCUT2D eigenvalue weighted by Crippen LogP contribution is -2.01. The fraction of sp³-hybridized carbons (Fsp3) is 0.231. The lowest BCUT2D eigenvalue weighted by atomic mass is 10.1. The van der Waals surface area contributed by atoms with Gasteiger partial charge in [-0.05, 0) is 34.0 Å². The monoisotopic (exact) mass is 307 g/mol. The number of methoxy groups -OCH3 is 1. The van der Waals surface area contributed by atoms with E-state index in [0.717, 1.165) is 22.5 Å². The summed E-state index contributed by atoms with van der Waals surface area (Å²) in [6.45, 7) is 0.701. The van der Waals surface area contributed by atoms with Crippen LogP contribution in [0.15, 0.2) is 41.3 Å². The summed E-state index contributed by atoms with van der Waals surface area (Å²) in [6.07, 6.45) is 2.39. The number of benzene rings is 1. The van der Waals surface area contributed by atoms with Gasteiger partial charge in [0.05, 0.1) is 6.61 Å². The maximum atomic E-state index is 5.11. The lowest BCUT2D eigenvalue weighted by Gasteiger charge is -2.11. The first-order valence-corrected chi connectivity index (χ1v) is 6.40. The van der Waals surface area contributed by atoms with Gasteiger partial charge in [0.25, 0.3) is 0 Å². The molecule has 5 heteroatoms. The Hall–Kier alpha value is -1.46. The Labute approximate surface area is 115 Å². The van der Waals surface area contributed by atoms with E-state index in [1.54, 1.807) is 7.11 Å². The summed E-state index contributed by atoms with van der Waals surface area (Å²) in [6, 6.07) is 9.96. The molecule has 94 valence electrons. The third kappa shape index (κ3) is 3.51. The molecular formula is C13H14BrN3O. The van der Waals surface area contributed by atoms with Crippen molar-refractivity contribution < 1.29 is 4.74 Å². The van der Waals surface area contributed by atoms with Gasteiger partial charge in [0.1, 0.15) is 16.7 Å². The van der Waals surface area contributed by atoms with Crippen LogP contribution in [0.25, 0.3) is 0 Å². The first-order valence-electron chi connectivity index (χ1n) is 5.61. The van der Waals surface area contributed by atoms with Crippen molar-refractivity contribution in [2.75, 3.05) is 19.0 Å². The van der Waals surface area contributed by atoms with Crippen LogP contribution >= 0.6 is 15.9 Å². The van der Waals surface area contributed by atoms with E-state index in [0.29, 0.717) is 6.61 Å². The average molecular weight is 308 g/mol. The molecule has 0 saturated heterocycles. The van der Waals surface area contributed by atoms with Crippen molar-refractivity contribution in [1.29, 1.82) is 0 Å². The molecule has 18 heavy (non-hydrogen) atoms. The number of nitrogens with one attached hydrogen (secondary N) is 1. The van der Waals surface area contributed by atoms with E-state index < -0.39 is 0 Å². The third-order valence-electron chi connectivity index (χ3n) is 2.49. The van der Waals surface area contributed by atoms with Gasteiger partial charge in [-0.1, -0.05) is 18.2 Å². The van der Waals surface area contributed by atoms with Gasteiger partial charge < -0.3 is 10.1 Å². The predicted octanol–water partition coefficient (Wildman–Crippen LogP) is 3.17. The van der Waals surface area contributed by atoms with Gasteiger partial charge in [0, 0.05) is 18.9 Å². The Morgan fingerprint density at radius 3 is 2.89 bits per heavy atom. The molecule has 4 nitrogen and oxygen atoms in total. The van der Waals surface area contributed by atoms with Crippen LogP contribution in [-0.2, 0) is 11.2 Å². The summed E-state index contributed by atoms with van der Waals surface area (Å²) in [7, 11) is 1.71. The molecule has 0 aliphatic heterocycles. The van der Waals surface area contributed by atoms with Crippen LogP contribution < -0.4 is 5.32 Å². The molecule has 1 aromatic heterocycles. The van der Waals surface area contributed by atoms with Crippen LogP contribution in [0.3, 0.4) is 0 Å². The van der Waals surface area contributed by atoms with Crippen molar-refractivity contribution >= 4 is 27.4 Å². The summed E-state index contributed by atoms with van der Waals surface area (Å²) in [5.41, 5.74) is 2.24. The van der Waals surface area contributed by atoms with E-state index >= 15 is 0 Å². The minimum atomic E-state index is 0.701. The first-order chi connectivity index (χ1) is 8.79. The Bertz CT molecular complexity index is 519. The summed E-state index contributed by atoms with van der Waals surface area (Å²) >= 11 is 3.32. The van der Waals surface area contributed by atoms with Gasteiger partial charge in [0.15, 0.2) is 0 Å². The quantitative estimate of drug-likeness (QED) is 0.862. The van der Waals surface area contributed by atoms with E-state index in [9.17, 15) is 0 Å². The van der Waals surface area contributed by atoms with E-state index in [4.69, 9.17) is 4.74 Å². The second-order valence-electron chi connectivity index (χ2n) is 3.75. The number of nitrogens with zero attached hydrogens (tertiary/aromatic N) is 2. The van der Waals surface area contributed by atoms with Crippen LogP contribution in [0, 0.1) is 0 Å². The number of para-hydroxylation sites is 1. The molecule has 0 saturated carbocycles. The van der Waals surface area contributed by atoms with Crippen LogP contribution in [0.2, 0.25) is 0 Å². The first kappa shape index (κ1) is 13.0. The second kappa shape index (κ2) is 6.47. The highest BCUT2D eigenvalue weighted by Crippen LogP contribution is 2.21. The number of halogens is 1. The van der Waals surface area contributed by atoms with Gasteiger partial charge in [0.2, 0.25) is 0 Å². The summed E-state index contributed by atoms with van der Waals surface area (Å²) in [4.78, 5) is 8.17. The SMILES string of the molecule is COCCc1ccccc1Nc1cc(Br)ncn1. The van der Waals surface area contributed by atoms with E-state index in [-0.39, 0.29) is 0 Å². The van der Waals surface area contributed by atoms with Crippen LogP contribution in [0.5, 0.6) is 0 Å². The van der Waals surface area contributed by atoms with Gasteiger partial charge in [-0.25, -0.2) is 9.97 Å². The highest BCUT2D eigenvalue weighted by molar-refractivity contribution is 9.10. The Morgan fingerprint density at radius 1 is 1.28 bits per heavy atom. The van der Waals surface area contributed by atoms with Crippen molar-refractivity contribution in [2.45, 2.75) is 6.42 Å². The number of aromatic nitrogens is 2. The smallest absolute Gasteiger partial charge is 0.134 e. The minimum absolute atomic E-state index is 0.701. The minimum Gasteiger partial charge on any atom is -0.384 e. The summed E-state index contributed by atoms with van der Waals surface area (Å²) in [5, 5.41) is 3.29. The Balaban J connectivity index is 2.17. The molecule has 0 aliphatic carbocycles. The van der Waals surface area contributed by atoms with E-state index in [2.05, 4.69) is 37.3 Å². The molecule has 0 bridgehead atoms. The fourth-order valence-corrected chi connectivity index (χ4v) is 1.92. The number of hydrogen-bond donors (Lipinski definition) is 1. The summed E-state index contributed by atoms with van der Waals surface area (Å²) < 4.78 is 5.87. The van der Waals surface area contributed by atoms with Crippen molar-refractivity contribution in [3.63, 3.8) is 0 Å². The van der Waals surface area contributed by atoms with Crippen molar-refractivity contribution in [3.8, 4) is 0 Å². The Morgan fingerprint density at radius 2 is 2.11 bits per heavy atom. The maximum Gasteiger partial charge on any atom is 0.134 e. The number of ether oxygens (including phenoxy) is 1. The molecule has 0 fully saturated rings. The Kier molecular flexibility index (Phi) is 4.66. The molecule has 0 aliphatic rings. The highest BCUT2D eigenvalue weighted by atomic mass is 79.9. The van der Waals surface area contributed by atoms with Crippen molar-refractivity contribution in [2.24, 2.45) is 0 Å². The zero-order chi connectivity index (χ0) is 12.8. The van der Waals surface area contributed by atoms with E-state index in [1.807, 2.05) is 24.3 Å². The topological polar surface area (TPSA) is 47.0 Å². The molecule has 2 rings (SSSR count). The standard InChI is InChI=1S/C13H14BrN3O/c1-18-7-6-10-4-2-3-5-11(10)17-13-8-12(14)15-9-16-13/h2-5,8-9H,6-7H2,1H3,(H,15,16,17). The van der Waals surface area contributed by atoms with Gasteiger partial charge in [-0.2, -0.15) is 0 Å². The molecule has 1 aromatic carbocycles.